The average molecular weight is 243 g/mol. The van der Waals surface area contributed by atoms with Gasteiger partial charge in [0.2, 0.25) is 0 Å². The molecule has 0 radical (unpaired) electrons. The minimum Gasteiger partial charge on any atom is -0.399 e. The van der Waals surface area contributed by atoms with Crippen LogP contribution in [0.4, 0.5) is 10.1 Å². The maximum absolute atomic E-state index is 13.3. The summed E-state index contributed by atoms with van der Waals surface area (Å²) in [6.45, 7) is 3.57. The molecule has 3 heteroatoms. The zero-order valence-corrected chi connectivity index (χ0v) is 10.3. The van der Waals surface area contributed by atoms with Crippen molar-refractivity contribution in [2.75, 3.05) is 5.73 Å². The number of nitrogen functional groups attached to an aromatic ring is 1. The molecule has 0 aliphatic carbocycles. The molecule has 2 aromatic rings. The Labute approximate surface area is 105 Å². The number of anilines is 1. The summed E-state index contributed by atoms with van der Waals surface area (Å²) in [5.41, 5.74) is 8.69. The zero-order chi connectivity index (χ0) is 13.3. The van der Waals surface area contributed by atoms with E-state index in [-0.39, 0.29) is 5.78 Å². The summed E-state index contributed by atoms with van der Waals surface area (Å²) < 4.78 is 13.3. The van der Waals surface area contributed by atoms with Gasteiger partial charge in [0.1, 0.15) is 5.82 Å². The van der Waals surface area contributed by atoms with Crippen molar-refractivity contribution in [3.8, 4) is 0 Å². The van der Waals surface area contributed by atoms with Gasteiger partial charge in [-0.15, -0.1) is 0 Å². The van der Waals surface area contributed by atoms with Crippen molar-refractivity contribution in [2.24, 2.45) is 0 Å². The van der Waals surface area contributed by atoms with Gasteiger partial charge >= 0.3 is 0 Å². The van der Waals surface area contributed by atoms with E-state index in [0.717, 1.165) is 11.1 Å². The summed E-state index contributed by atoms with van der Waals surface area (Å²) in [7, 11) is 0. The van der Waals surface area contributed by atoms with E-state index in [1.165, 1.54) is 12.1 Å². The number of rotatable bonds is 2. The lowest BCUT2D eigenvalue weighted by Crippen LogP contribution is -2.05. The smallest absolute Gasteiger partial charge is 0.193 e. The number of carbonyl (C=O) groups excluding carboxylic acids is 1. The second-order valence-electron chi connectivity index (χ2n) is 4.42. The molecule has 0 aliphatic rings. The summed E-state index contributed by atoms with van der Waals surface area (Å²) in [5.74, 6) is -0.582. The summed E-state index contributed by atoms with van der Waals surface area (Å²) in [4.78, 5) is 12.3. The van der Waals surface area contributed by atoms with Gasteiger partial charge in [0, 0.05) is 16.8 Å². The fourth-order valence-electron chi connectivity index (χ4n) is 1.96. The van der Waals surface area contributed by atoms with Gasteiger partial charge in [0.05, 0.1) is 0 Å². The molecule has 0 aromatic heterocycles. The minimum atomic E-state index is -0.397. The molecule has 0 atom stereocenters. The highest BCUT2D eigenvalue weighted by molar-refractivity contribution is 6.10. The number of hydrogen-bond acceptors (Lipinski definition) is 2. The Bertz CT molecular complexity index is 600. The highest BCUT2D eigenvalue weighted by Gasteiger charge is 2.13. The predicted octanol–water partition coefficient (Wildman–Crippen LogP) is 3.26. The van der Waals surface area contributed by atoms with Gasteiger partial charge in [-0.25, -0.2) is 4.39 Å². The number of carbonyl (C=O) groups is 1. The topological polar surface area (TPSA) is 43.1 Å². The van der Waals surface area contributed by atoms with Crippen LogP contribution in [0.25, 0.3) is 0 Å². The van der Waals surface area contributed by atoms with Gasteiger partial charge in [-0.05, 0) is 61.4 Å². The van der Waals surface area contributed by atoms with Gasteiger partial charge < -0.3 is 5.73 Å². The van der Waals surface area contributed by atoms with Crippen LogP contribution in [0, 0.1) is 19.7 Å². The molecular formula is C15H14FNO. The molecule has 2 N–H and O–H groups in total. The number of ketones is 1. The molecule has 0 unspecified atom stereocenters. The molecule has 0 aliphatic heterocycles. The van der Waals surface area contributed by atoms with Crippen LogP contribution in [-0.2, 0) is 0 Å². The molecule has 2 aromatic carbocycles. The van der Waals surface area contributed by atoms with Crippen LogP contribution in [-0.4, -0.2) is 5.78 Å². The van der Waals surface area contributed by atoms with Crippen LogP contribution in [0.3, 0.4) is 0 Å². The second-order valence-corrected chi connectivity index (χ2v) is 4.42. The molecule has 2 nitrogen and oxygen atoms in total. The summed E-state index contributed by atoms with van der Waals surface area (Å²) >= 11 is 0. The third kappa shape index (κ3) is 2.40. The second kappa shape index (κ2) is 4.61. The first-order valence-electron chi connectivity index (χ1n) is 5.65. The van der Waals surface area contributed by atoms with Crippen molar-refractivity contribution >= 4 is 11.5 Å². The van der Waals surface area contributed by atoms with E-state index in [9.17, 15) is 9.18 Å². The SMILES string of the molecule is Cc1cc(F)cc(C(=O)c2ccc(N)cc2C)c1. The average Bonchev–Trinajstić information content (AvgIpc) is 2.26. The van der Waals surface area contributed by atoms with Crippen LogP contribution in [0.1, 0.15) is 27.0 Å². The number of nitrogens with two attached hydrogens (primary N) is 1. The number of benzene rings is 2. The van der Waals surface area contributed by atoms with Gasteiger partial charge in [-0.1, -0.05) is 0 Å². The Kier molecular flexibility index (Phi) is 3.15. The van der Waals surface area contributed by atoms with Crippen LogP contribution in [0.5, 0.6) is 0 Å². The highest BCUT2D eigenvalue weighted by Crippen LogP contribution is 2.18. The van der Waals surface area contributed by atoms with E-state index in [4.69, 9.17) is 5.73 Å². The van der Waals surface area contributed by atoms with Gasteiger partial charge in [-0.3, -0.25) is 4.79 Å². The number of halogens is 1. The Morgan fingerprint density at radius 2 is 1.83 bits per heavy atom. The molecule has 2 rings (SSSR count). The molecule has 18 heavy (non-hydrogen) atoms. The molecule has 0 amide bonds. The van der Waals surface area contributed by atoms with E-state index in [0.29, 0.717) is 16.8 Å². The van der Waals surface area contributed by atoms with Crippen molar-refractivity contribution in [2.45, 2.75) is 13.8 Å². The lowest BCUT2D eigenvalue weighted by molar-refractivity contribution is 0.103. The van der Waals surface area contributed by atoms with Gasteiger partial charge in [0.25, 0.3) is 0 Å². The van der Waals surface area contributed by atoms with Crippen LogP contribution in [0.15, 0.2) is 36.4 Å². The van der Waals surface area contributed by atoms with Crippen LogP contribution in [0.2, 0.25) is 0 Å². The predicted molar refractivity (Wildman–Crippen MR) is 70.2 cm³/mol. The van der Waals surface area contributed by atoms with Gasteiger partial charge in [0.15, 0.2) is 5.78 Å². The minimum absolute atomic E-state index is 0.185. The number of hydrogen-bond donors (Lipinski definition) is 1. The third-order valence-electron chi connectivity index (χ3n) is 2.80. The Hall–Kier alpha value is -2.16. The summed E-state index contributed by atoms with van der Waals surface area (Å²) in [6, 6.07) is 9.41. The van der Waals surface area contributed by atoms with Crippen molar-refractivity contribution in [1.82, 2.24) is 0 Å². The first-order valence-corrected chi connectivity index (χ1v) is 5.65. The zero-order valence-electron chi connectivity index (χ0n) is 10.3. The van der Waals surface area contributed by atoms with Gasteiger partial charge in [-0.2, -0.15) is 0 Å². The van der Waals surface area contributed by atoms with Crippen molar-refractivity contribution in [1.29, 1.82) is 0 Å². The normalized spacial score (nSPS) is 10.4. The molecular weight excluding hydrogens is 229 g/mol. The largest absolute Gasteiger partial charge is 0.399 e. The van der Waals surface area contributed by atoms with E-state index in [1.807, 2.05) is 6.92 Å². The molecule has 0 spiro atoms. The first-order chi connectivity index (χ1) is 8.47. The number of aryl methyl sites for hydroxylation is 2. The lowest BCUT2D eigenvalue weighted by atomic mass is 9.97. The first kappa shape index (κ1) is 12.3. The van der Waals surface area contributed by atoms with Crippen molar-refractivity contribution < 1.29 is 9.18 Å². The molecule has 0 saturated carbocycles. The maximum Gasteiger partial charge on any atom is 0.193 e. The Morgan fingerprint density at radius 1 is 1.11 bits per heavy atom. The lowest BCUT2D eigenvalue weighted by Gasteiger charge is -2.07. The van der Waals surface area contributed by atoms with Crippen molar-refractivity contribution in [3.05, 3.63) is 64.5 Å². The highest BCUT2D eigenvalue weighted by atomic mass is 19.1. The Balaban J connectivity index is 2.47. The summed E-state index contributed by atoms with van der Waals surface area (Å²) in [5, 5.41) is 0. The maximum atomic E-state index is 13.3. The molecule has 0 fully saturated rings. The fourth-order valence-corrected chi connectivity index (χ4v) is 1.96. The molecule has 0 saturated heterocycles. The molecule has 92 valence electrons. The standard InChI is InChI=1S/C15H14FNO/c1-9-5-11(8-12(16)6-9)15(18)14-4-3-13(17)7-10(14)2/h3-8H,17H2,1-2H3. The van der Waals surface area contributed by atoms with Crippen LogP contribution < -0.4 is 5.73 Å². The van der Waals surface area contributed by atoms with E-state index in [2.05, 4.69) is 0 Å². The van der Waals surface area contributed by atoms with E-state index in [1.54, 1.807) is 31.2 Å². The van der Waals surface area contributed by atoms with E-state index >= 15 is 0 Å². The quantitative estimate of drug-likeness (QED) is 0.650. The Morgan fingerprint density at radius 3 is 2.44 bits per heavy atom. The summed E-state index contributed by atoms with van der Waals surface area (Å²) in [6.07, 6.45) is 0. The molecule has 0 heterocycles. The van der Waals surface area contributed by atoms with Crippen LogP contribution >= 0.6 is 0 Å². The fraction of sp³-hybridized carbons (Fsp3) is 0.133. The van der Waals surface area contributed by atoms with Crippen molar-refractivity contribution in [3.63, 3.8) is 0 Å². The van der Waals surface area contributed by atoms with E-state index < -0.39 is 5.82 Å². The molecule has 0 bridgehead atoms. The third-order valence-corrected chi connectivity index (χ3v) is 2.80. The monoisotopic (exact) mass is 243 g/mol.